The quantitative estimate of drug-likeness (QED) is 0.113. The van der Waals surface area contributed by atoms with E-state index in [-0.39, 0.29) is 23.9 Å². The van der Waals surface area contributed by atoms with Gasteiger partial charge >= 0.3 is 12.2 Å². The smallest absolute Gasteiger partial charge is 0.407 e. The first-order chi connectivity index (χ1) is 28.3. The first-order valence-electron chi connectivity index (χ1n) is 19.4. The molecule has 296 valence electrons. The number of aromatic nitrogens is 4. The SMILES string of the molecule is COC(=O)N[C@@H](C(=O)N1CCC[C@H]1c1ncc(-c2cccc(-c3ccc4nc([C@@H]5CCCN5C(=O)[C@H](NC(=O)OC)c5ccccc5)[nH]c4c3)c2)[nH]1)c1ccccc1. The van der Waals surface area contributed by atoms with E-state index < -0.39 is 24.3 Å². The number of benzene rings is 4. The van der Waals surface area contributed by atoms with Crippen molar-refractivity contribution in [3.05, 3.63) is 132 Å². The number of nitrogens with one attached hydrogen (secondary N) is 4. The van der Waals surface area contributed by atoms with E-state index in [1.54, 1.807) is 16.0 Å². The van der Waals surface area contributed by atoms with Gasteiger partial charge in [0, 0.05) is 18.7 Å². The van der Waals surface area contributed by atoms with E-state index in [1.165, 1.54) is 14.2 Å². The molecule has 0 unspecified atom stereocenters. The fourth-order valence-corrected chi connectivity index (χ4v) is 8.07. The topological polar surface area (TPSA) is 175 Å². The highest BCUT2D eigenvalue weighted by molar-refractivity contribution is 5.89. The Morgan fingerprint density at radius 1 is 0.655 bits per heavy atom. The first kappa shape index (κ1) is 37.9. The Labute approximate surface area is 335 Å². The number of rotatable bonds is 10. The monoisotopic (exact) mass is 780 g/mol. The lowest BCUT2D eigenvalue weighted by atomic mass is 10.0. The summed E-state index contributed by atoms with van der Waals surface area (Å²) in [6.45, 7) is 1.07. The summed E-state index contributed by atoms with van der Waals surface area (Å²) < 4.78 is 9.68. The van der Waals surface area contributed by atoms with Crippen LogP contribution in [0.3, 0.4) is 0 Å². The number of likely N-dealkylation sites (tertiary alicyclic amines) is 2. The molecule has 4 atom stereocenters. The predicted octanol–water partition coefficient (Wildman–Crippen LogP) is 7.14. The highest BCUT2D eigenvalue weighted by Crippen LogP contribution is 2.37. The normalized spacial score (nSPS) is 17.5. The van der Waals surface area contributed by atoms with Crippen LogP contribution in [0.4, 0.5) is 9.59 Å². The van der Waals surface area contributed by atoms with Crippen LogP contribution in [0.5, 0.6) is 0 Å². The third-order valence-corrected chi connectivity index (χ3v) is 11.0. The van der Waals surface area contributed by atoms with Gasteiger partial charge in [-0.1, -0.05) is 84.9 Å². The predicted molar refractivity (Wildman–Crippen MR) is 216 cm³/mol. The Bertz CT molecular complexity index is 2430. The van der Waals surface area contributed by atoms with Gasteiger partial charge in [0.2, 0.25) is 0 Å². The second kappa shape index (κ2) is 16.6. The average Bonchev–Trinajstić information content (AvgIpc) is 4.11. The van der Waals surface area contributed by atoms with Crippen molar-refractivity contribution in [1.29, 1.82) is 0 Å². The van der Waals surface area contributed by atoms with Crippen LogP contribution >= 0.6 is 0 Å². The Morgan fingerprint density at radius 3 is 1.79 bits per heavy atom. The molecule has 2 fully saturated rings. The molecular formula is C44H44N8O6. The first-order valence-corrected chi connectivity index (χ1v) is 19.4. The highest BCUT2D eigenvalue weighted by Gasteiger charge is 2.38. The van der Waals surface area contributed by atoms with Crippen LogP contribution in [0.1, 0.15) is 72.6 Å². The van der Waals surface area contributed by atoms with Crippen molar-refractivity contribution in [1.82, 2.24) is 40.4 Å². The van der Waals surface area contributed by atoms with E-state index >= 15 is 0 Å². The third kappa shape index (κ3) is 7.73. The molecular weight excluding hydrogens is 737 g/mol. The number of amides is 4. The molecule has 6 aromatic rings. The van der Waals surface area contributed by atoms with Crippen molar-refractivity contribution < 1.29 is 28.7 Å². The molecule has 2 saturated heterocycles. The van der Waals surface area contributed by atoms with Gasteiger partial charge in [-0.15, -0.1) is 0 Å². The maximum Gasteiger partial charge on any atom is 0.407 e. The van der Waals surface area contributed by atoms with Crippen LogP contribution in [0.15, 0.2) is 109 Å². The molecule has 4 N–H and O–H groups in total. The fourth-order valence-electron chi connectivity index (χ4n) is 8.07. The number of alkyl carbamates (subject to hydrolysis) is 2. The van der Waals surface area contributed by atoms with Crippen LogP contribution < -0.4 is 10.6 Å². The van der Waals surface area contributed by atoms with E-state index in [1.807, 2.05) is 91.0 Å². The zero-order valence-electron chi connectivity index (χ0n) is 32.2. The number of hydrogen-bond donors (Lipinski definition) is 4. The highest BCUT2D eigenvalue weighted by atomic mass is 16.5. The largest absolute Gasteiger partial charge is 0.453 e. The summed E-state index contributed by atoms with van der Waals surface area (Å²) in [5, 5.41) is 5.43. The minimum Gasteiger partial charge on any atom is -0.453 e. The summed E-state index contributed by atoms with van der Waals surface area (Å²) in [4.78, 5) is 72.7. The average molecular weight is 781 g/mol. The lowest BCUT2D eigenvalue weighted by molar-refractivity contribution is -0.135. The summed E-state index contributed by atoms with van der Waals surface area (Å²) in [5.41, 5.74) is 6.68. The number of carbonyl (C=O) groups is 4. The van der Waals surface area contributed by atoms with Gasteiger partial charge in [-0.05, 0) is 66.1 Å². The van der Waals surface area contributed by atoms with E-state index in [9.17, 15) is 19.2 Å². The van der Waals surface area contributed by atoms with Gasteiger partial charge in [0.25, 0.3) is 11.8 Å². The maximum absolute atomic E-state index is 14.0. The summed E-state index contributed by atoms with van der Waals surface area (Å²) in [6, 6.07) is 30.1. The number of methoxy groups -OCH3 is 2. The number of nitrogens with zero attached hydrogens (tertiary/aromatic N) is 4. The molecule has 0 saturated carbocycles. The number of aromatic amines is 2. The molecule has 4 heterocycles. The van der Waals surface area contributed by atoms with Crippen molar-refractivity contribution in [2.45, 2.75) is 49.9 Å². The van der Waals surface area contributed by atoms with Gasteiger partial charge in [-0.3, -0.25) is 9.59 Å². The lowest BCUT2D eigenvalue weighted by Crippen LogP contribution is -2.42. The third-order valence-electron chi connectivity index (χ3n) is 11.0. The molecule has 4 aromatic carbocycles. The summed E-state index contributed by atoms with van der Waals surface area (Å²) in [7, 11) is 2.55. The molecule has 2 aliphatic rings. The lowest BCUT2D eigenvalue weighted by Gasteiger charge is -2.28. The van der Waals surface area contributed by atoms with Crippen molar-refractivity contribution in [2.24, 2.45) is 0 Å². The molecule has 0 aliphatic carbocycles. The van der Waals surface area contributed by atoms with E-state index in [0.717, 1.165) is 59.1 Å². The number of carbonyl (C=O) groups excluding carboxylic acids is 4. The summed E-state index contributed by atoms with van der Waals surface area (Å²) >= 11 is 0. The van der Waals surface area contributed by atoms with Crippen LogP contribution in [0.25, 0.3) is 33.4 Å². The Hall–Kier alpha value is -6.96. The van der Waals surface area contributed by atoms with Crippen LogP contribution in [0, 0.1) is 0 Å². The fraction of sp³-hybridized carbons (Fsp3) is 0.273. The number of ether oxygens (including phenoxy) is 2. The minimum atomic E-state index is -0.898. The van der Waals surface area contributed by atoms with E-state index in [2.05, 4.69) is 32.7 Å². The van der Waals surface area contributed by atoms with Crippen LogP contribution in [-0.4, -0.2) is 81.0 Å². The number of H-pyrrole nitrogens is 2. The van der Waals surface area contributed by atoms with Crippen LogP contribution in [0.2, 0.25) is 0 Å². The Morgan fingerprint density at radius 2 is 1.21 bits per heavy atom. The standard InChI is InChI=1S/C44H44N8O6/c1-57-43(55)49-37(27-12-5-3-6-13-27)41(53)51-22-10-18-35(51)39-45-26-34(48-39)31-17-9-16-29(24-31)30-20-21-32-33(25-30)47-40(46-32)36-19-11-23-52(36)42(54)38(50-44(56)58-2)28-14-7-4-8-15-28/h3-9,12-17,20-21,24-26,35-38H,10-11,18-19,22-23H2,1-2H3,(H,45,48)(H,46,47)(H,49,55)(H,50,56)/t35-,36-,37+,38+/m0/s1. The van der Waals surface area contributed by atoms with Gasteiger partial charge < -0.3 is 39.9 Å². The van der Waals surface area contributed by atoms with Crippen molar-refractivity contribution in [2.75, 3.05) is 27.3 Å². The molecule has 14 nitrogen and oxygen atoms in total. The van der Waals surface area contributed by atoms with Gasteiger partial charge in [0.05, 0.1) is 49.2 Å². The molecule has 0 bridgehead atoms. The zero-order chi connectivity index (χ0) is 40.2. The zero-order valence-corrected chi connectivity index (χ0v) is 32.2. The molecule has 0 radical (unpaired) electrons. The molecule has 2 aromatic heterocycles. The van der Waals surface area contributed by atoms with E-state index in [0.29, 0.717) is 35.9 Å². The Kier molecular flexibility index (Phi) is 10.9. The molecule has 58 heavy (non-hydrogen) atoms. The molecule has 8 rings (SSSR count). The van der Waals surface area contributed by atoms with E-state index in [4.69, 9.17) is 19.4 Å². The summed E-state index contributed by atoms with van der Waals surface area (Å²) in [5.74, 6) is 0.921. The Balaban J connectivity index is 1.00. The number of fused-ring (bicyclic) bond motifs is 1. The van der Waals surface area contributed by atoms with Gasteiger partial charge in [-0.2, -0.15) is 0 Å². The molecule has 14 heteroatoms. The second-order valence-corrected chi connectivity index (χ2v) is 14.5. The second-order valence-electron chi connectivity index (χ2n) is 14.5. The van der Waals surface area contributed by atoms with Gasteiger partial charge in [0.1, 0.15) is 23.7 Å². The van der Waals surface area contributed by atoms with Crippen molar-refractivity contribution in [3.63, 3.8) is 0 Å². The van der Waals surface area contributed by atoms with Gasteiger partial charge in [0.15, 0.2) is 0 Å². The van der Waals surface area contributed by atoms with Crippen LogP contribution in [-0.2, 0) is 19.1 Å². The van der Waals surface area contributed by atoms with Crippen molar-refractivity contribution in [3.8, 4) is 22.4 Å². The maximum atomic E-state index is 14.0. The molecule has 0 spiro atoms. The number of imidazole rings is 2. The molecule has 2 aliphatic heterocycles. The minimum absolute atomic E-state index is 0.224. The van der Waals surface area contributed by atoms with Gasteiger partial charge in [-0.25, -0.2) is 19.6 Å². The summed E-state index contributed by atoms with van der Waals surface area (Å²) in [6.07, 6.45) is 3.50. The molecule has 4 amide bonds. The van der Waals surface area contributed by atoms with Crippen molar-refractivity contribution >= 4 is 35.0 Å². The number of hydrogen-bond acceptors (Lipinski definition) is 8.